The molecule has 1 N–H and O–H groups in total. The zero-order valence-corrected chi connectivity index (χ0v) is 23.5. The Labute approximate surface area is 240 Å². The second kappa shape index (κ2) is 11.1. The highest BCUT2D eigenvalue weighted by Crippen LogP contribution is 2.40. The van der Waals surface area contributed by atoms with Gasteiger partial charge < -0.3 is 24.2 Å². The van der Waals surface area contributed by atoms with E-state index >= 15 is 0 Å². The summed E-state index contributed by atoms with van der Waals surface area (Å²) in [6.45, 7) is 7.28. The van der Waals surface area contributed by atoms with E-state index in [1.54, 1.807) is 23.2 Å². The fourth-order valence-electron chi connectivity index (χ4n) is 5.21. The number of fused-ring (bicyclic) bond motifs is 2. The average Bonchev–Trinajstić information content (AvgIpc) is 3.61. The van der Waals surface area contributed by atoms with Crippen LogP contribution in [0, 0.1) is 0 Å². The van der Waals surface area contributed by atoms with Crippen LogP contribution in [0.5, 0.6) is 17.6 Å². The second-order valence-corrected chi connectivity index (χ2v) is 10.7. The number of H-pyrrole nitrogens is 1. The summed E-state index contributed by atoms with van der Waals surface area (Å²) in [4.78, 5) is 32.3. The normalized spacial score (nSPS) is 18.0. The van der Waals surface area contributed by atoms with Gasteiger partial charge in [0, 0.05) is 32.2 Å². The maximum atomic E-state index is 12.2. The van der Waals surface area contributed by atoms with Crippen molar-refractivity contribution in [2.24, 2.45) is 0 Å². The standard InChI is InChI=1S/C27H28Cl2N8O3/c1-3-22(38)36-9-11-37(12-10-36)25-17-13-21(29)31-26(40-24-18-14-30-34-20(18)7-6-19(24)28)23(17)32-27(33-25)39-15-16-5-4-8-35(16)2/h3,6-7,13-14,16H,1,4-5,8-12,15H2,2H3,(H,30,34)/t16-/m0/s1. The molecule has 1 amide bonds. The first kappa shape index (κ1) is 26.5. The number of hydrogen-bond acceptors (Lipinski definition) is 9. The molecule has 5 heterocycles. The maximum Gasteiger partial charge on any atom is 0.319 e. The molecule has 208 valence electrons. The van der Waals surface area contributed by atoms with E-state index in [4.69, 9.17) is 42.6 Å². The van der Waals surface area contributed by atoms with Crippen molar-refractivity contribution in [2.75, 3.05) is 51.3 Å². The van der Waals surface area contributed by atoms with E-state index in [1.807, 2.05) is 6.07 Å². The zero-order chi connectivity index (χ0) is 27.8. The van der Waals surface area contributed by atoms with E-state index in [1.165, 1.54) is 6.08 Å². The van der Waals surface area contributed by atoms with Crippen LogP contribution < -0.4 is 14.4 Å². The van der Waals surface area contributed by atoms with Gasteiger partial charge in [0.05, 0.1) is 27.5 Å². The first-order chi connectivity index (χ1) is 19.4. The number of nitrogens with zero attached hydrogens (tertiary/aromatic N) is 7. The molecule has 40 heavy (non-hydrogen) atoms. The molecule has 0 saturated carbocycles. The molecule has 4 aromatic rings. The number of carbonyl (C=O) groups is 1. The number of halogens is 2. The van der Waals surface area contributed by atoms with Crippen molar-refractivity contribution < 1.29 is 14.3 Å². The molecular weight excluding hydrogens is 555 g/mol. The summed E-state index contributed by atoms with van der Waals surface area (Å²) in [5.41, 5.74) is 1.20. The summed E-state index contributed by atoms with van der Waals surface area (Å²) in [6.07, 6.45) is 5.15. The minimum Gasteiger partial charge on any atom is -0.462 e. The Balaban J connectivity index is 1.42. The van der Waals surface area contributed by atoms with E-state index < -0.39 is 0 Å². The topological polar surface area (TPSA) is 113 Å². The van der Waals surface area contributed by atoms with Gasteiger partial charge in [-0.05, 0) is 50.7 Å². The van der Waals surface area contributed by atoms with Crippen molar-refractivity contribution >= 4 is 56.7 Å². The highest BCUT2D eigenvalue weighted by atomic mass is 35.5. The number of piperazine rings is 1. The Hall–Kier alpha value is -3.67. The quantitative estimate of drug-likeness (QED) is 0.251. The smallest absolute Gasteiger partial charge is 0.319 e. The Morgan fingerprint density at radius 3 is 2.73 bits per heavy atom. The van der Waals surface area contributed by atoms with Gasteiger partial charge in [0.2, 0.25) is 11.8 Å². The van der Waals surface area contributed by atoms with Gasteiger partial charge in [0.25, 0.3) is 0 Å². The van der Waals surface area contributed by atoms with Gasteiger partial charge in [-0.1, -0.05) is 29.8 Å². The molecule has 2 aliphatic heterocycles. The number of amides is 1. The fourth-order valence-corrected chi connectivity index (χ4v) is 5.59. The van der Waals surface area contributed by atoms with Crippen LogP contribution in [0.1, 0.15) is 12.8 Å². The summed E-state index contributed by atoms with van der Waals surface area (Å²) < 4.78 is 12.5. The van der Waals surface area contributed by atoms with Crippen LogP contribution in [0.15, 0.2) is 37.1 Å². The van der Waals surface area contributed by atoms with Gasteiger partial charge in [-0.3, -0.25) is 9.89 Å². The van der Waals surface area contributed by atoms with E-state index in [9.17, 15) is 4.79 Å². The van der Waals surface area contributed by atoms with Gasteiger partial charge >= 0.3 is 6.01 Å². The molecule has 2 aliphatic rings. The third-order valence-corrected chi connectivity index (χ3v) is 7.94. The summed E-state index contributed by atoms with van der Waals surface area (Å²) in [5.74, 6) is 1.10. The Bertz CT molecular complexity index is 1590. The molecule has 0 unspecified atom stereocenters. The van der Waals surface area contributed by atoms with Gasteiger partial charge in [-0.2, -0.15) is 20.1 Å². The molecule has 3 aromatic heterocycles. The fraction of sp³-hybridized carbons (Fsp3) is 0.370. The minimum atomic E-state index is -0.0925. The number of likely N-dealkylation sites (tertiary alicyclic amines) is 1. The van der Waals surface area contributed by atoms with E-state index in [2.05, 4.69) is 38.6 Å². The molecule has 1 atom stereocenters. The van der Waals surface area contributed by atoms with Gasteiger partial charge in [0.1, 0.15) is 23.1 Å². The molecule has 2 fully saturated rings. The lowest BCUT2D eigenvalue weighted by molar-refractivity contribution is -0.126. The van der Waals surface area contributed by atoms with Crippen LogP contribution >= 0.6 is 23.2 Å². The Morgan fingerprint density at radius 2 is 1.98 bits per heavy atom. The third-order valence-electron chi connectivity index (χ3n) is 7.45. The van der Waals surface area contributed by atoms with Crippen LogP contribution in [-0.4, -0.2) is 93.3 Å². The van der Waals surface area contributed by atoms with Crippen LogP contribution in [0.25, 0.3) is 21.8 Å². The molecule has 0 aliphatic carbocycles. The number of hydrogen-bond donors (Lipinski definition) is 1. The number of ether oxygens (including phenoxy) is 2. The molecule has 6 rings (SSSR count). The monoisotopic (exact) mass is 582 g/mol. The van der Waals surface area contributed by atoms with Crippen LogP contribution in [0.4, 0.5) is 5.82 Å². The van der Waals surface area contributed by atoms with Gasteiger partial charge in [0.15, 0.2) is 5.75 Å². The third kappa shape index (κ3) is 5.12. The lowest BCUT2D eigenvalue weighted by Crippen LogP contribution is -2.48. The number of carbonyl (C=O) groups excluding carboxylic acids is 1. The molecule has 2 saturated heterocycles. The molecule has 11 nitrogen and oxygen atoms in total. The number of rotatable bonds is 7. The van der Waals surface area contributed by atoms with Crippen LogP contribution in [0.2, 0.25) is 10.2 Å². The highest BCUT2D eigenvalue weighted by Gasteiger charge is 2.27. The molecule has 0 bridgehead atoms. The van der Waals surface area contributed by atoms with Gasteiger partial charge in [-0.15, -0.1) is 0 Å². The van der Waals surface area contributed by atoms with Crippen LogP contribution in [-0.2, 0) is 4.79 Å². The average molecular weight is 583 g/mol. The largest absolute Gasteiger partial charge is 0.462 e. The molecule has 0 radical (unpaired) electrons. The second-order valence-electron chi connectivity index (χ2n) is 9.89. The maximum absolute atomic E-state index is 12.2. The zero-order valence-electron chi connectivity index (χ0n) is 21.9. The number of nitrogens with one attached hydrogen (secondary N) is 1. The molecule has 1 aromatic carbocycles. The Morgan fingerprint density at radius 1 is 1.15 bits per heavy atom. The van der Waals surface area contributed by atoms with E-state index in [-0.39, 0.29) is 29.0 Å². The SMILES string of the molecule is C=CC(=O)N1CCN(c2nc(OC[C@@H]3CCCN3C)nc3c(Oc4c(Cl)ccc5[nH]ncc45)nc(Cl)cc23)CC1. The van der Waals surface area contributed by atoms with Crippen molar-refractivity contribution in [1.29, 1.82) is 0 Å². The number of aromatic nitrogens is 5. The van der Waals surface area contributed by atoms with Crippen molar-refractivity contribution in [3.63, 3.8) is 0 Å². The number of pyridine rings is 1. The van der Waals surface area contributed by atoms with Crippen molar-refractivity contribution in [3.05, 3.63) is 47.2 Å². The Kier molecular flexibility index (Phi) is 7.35. The molecule has 0 spiro atoms. The van der Waals surface area contributed by atoms with Crippen molar-refractivity contribution in [2.45, 2.75) is 18.9 Å². The highest BCUT2D eigenvalue weighted by molar-refractivity contribution is 6.33. The summed E-state index contributed by atoms with van der Waals surface area (Å²) in [7, 11) is 2.09. The number of aromatic amines is 1. The lowest BCUT2D eigenvalue weighted by atomic mass is 10.2. The summed E-state index contributed by atoms with van der Waals surface area (Å²) in [6, 6.07) is 5.77. The predicted octanol–water partition coefficient (Wildman–Crippen LogP) is 4.31. The summed E-state index contributed by atoms with van der Waals surface area (Å²) >= 11 is 13.0. The predicted molar refractivity (Wildman–Crippen MR) is 154 cm³/mol. The number of benzene rings is 1. The molecule has 13 heteroatoms. The number of anilines is 1. The van der Waals surface area contributed by atoms with Crippen LogP contribution in [0.3, 0.4) is 0 Å². The first-order valence-electron chi connectivity index (χ1n) is 13.1. The van der Waals surface area contributed by atoms with E-state index in [0.717, 1.165) is 24.9 Å². The minimum absolute atomic E-state index is 0.0925. The number of likely N-dealkylation sites (N-methyl/N-ethyl adjacent to an activating group) is 1. The van der Waals surface area contributed by atoms with Crippen molar-refractivity contribution in [3.8, 4) is 17.6 Å². The molecular formula is C27H28Cl2N8O3. The first-order valence-corrected chi connectivity index (χ1v) is 13.8. The van der Waals surface area contributed by atoms with Crippen molar-refractivity contribution in [1.82, 2.24) is 34.9 Å². The summed E-state index contributed by atoms with van der Waals surface area (Å²) in [5, 5.41) is 8.98. The van der Waals surface area contributed by atoms with Gasteiger partial charge in [-0.25, -0.2) is 0 Å². The van der Waals surface area contributed by atoms with E-state index in [0.29, 0.717) is 65.7 Å². The lowest BCUT2D eigenvalue weighted by Gasteiger charge is -2.35.